The van der Waals surface area contributed by atoms with E-state index in [1.165, 1.54) is 17.2 Å². The van der Waals surface area contributed by atoms with Gasteiger partial charge >= 0.3 is 5.97 Å². The van der Waals surface area contributed by atoms with Crippen molar-refractivity contribution in [2.75, 3.05) is 0 Å². The molecule has 0 aromatic heterocycles. The molecule has 3 N–H and O–H groups in total. The minimum absolute atomic E-state index is 0.0550. The number of aromatic carboxylic acids is 1. The zero-order valence-corrected chi connectivity index (χ0v) is 13.3. The SMILES string of the molecule is NC(=O)c1c(C(=O)O)cccc1-c1cccc2c1Cc1ccccc1-2. The summed E-state index contributed by atoms with van der Waals surface area (Å²) in [5.41, 5.74) is 11.5. The molecular weight excluding hydrogens is 314 g/mol. The van der Waals surface area contributed by atoms with Crippen molar-refractivity contribution in [2.24, 2.45) is 5.73 Å². The highest BCUT2D eigenvalue weighted by atomic mass is 16.4. The minimum atomic E-state index is -1.16. The first-order valence-corrected chi connectivity index (χ1v) is 7.94. The molecule has 0 spiro atoms. The van der Waals surface area contributed by atoms with E-state index in [4.69, 9.17) is 5.73 Å². The van der Waals surface area contributed by atoms with Crippen LogP contribution in [0, 0.1) is 0 Å². The highest BCUT2D eigenvalue weighted by molar-refractivity contribution is 6.09. The third-order valence-electron chi connectivity index (χ3n) is 4.68. The Kier molecular flexibility index (Phi) is 3.39. The summed E-state index contributed by atoms with van der Waals surface area (Å²) in [4.78, 5) is 23.5. The zero-order valence-electron chi connectivity index (χ0n) is 13.3. The van der Waals surface area contributed by atoms with E-state index in [1.807, 2.05) is 24.3 Å². The fourth-order valence-electron chi connectivity index (χ4n) is 3.63. The van der Waals surface area contributed by atoms with E-state index in [9.17, 15) is 14.7 Å². The molecular formula is C21H15NO3. The van der Waals surface area contributed by atoms with Crippen molar-refractivity contribution in [1.82, 2.24) is 0 Å². The molecule has 4 nitrogen and oxygen atoms in total. The molecule has 1 amide bonds. The Hall–Kier alpha value is -3.40. The second-order valence-corrected chi connectivity index (χ2v) is 6.06. The van der Waals surface area contributed by atoms with E-state index in [2.05, 4.69) is 18.2 Å². The molecule has 3 aromatic rings. The topological polar surface area (TPSA) is 80.4 Å². The highest BCUT2D eigenvalue weighted by Gasteiger charge is 2.25. The molecule has 25 heavy (non-hydrogen) atoms. The van der Waals surface area contributed by atoms with Gasteiger partial charge in [-0.3, -0.25) is 4.79 Å². The van der Waals surface area contributed by atoms with Crippen LogP contribution >= 0.6 is 0 Å². The number of hydrogen-bond acceptors (Lipinski definition) is 2. The van der Waals surface area contributed by atoms with Crippen LogP contribution in [0.15, 0.2) is 60.7 Å². The smallest absolute Gasteiger partial charge is 0.336 e. The highest BCUT2D eigenvalue weighted by Crippen LogP contribution is 2.42. The minimum Gasteiger partial charge on any atom is -0.478 e. The van der Waals surface area contributed by atoms with Crippen LogP contribution in [-0.2, 0) is 6.42 Å². The standard InChI is InChI=1S/C21H15NO3/c22-20(23)19-16(9-4-10-17(19)21(24)25)15-8-3-7-14-13-6-2-1-5-12(13)11-18(14)15/h1-10H,11H2,(H2,22,23)(H,24,25). The molecule has 0 aliphatic heterocycles. The lowest BCUT2D eigenvalue weighted by Gasteiger charge is -2.14. The van der Waals surface area contributed by atoms with E-state index in [0.29, 0.717) is 5.56 Å². The summed E-state index contributed by atoms with van der Waals surface area (Å²) in [6, 6.07) is 18.9. The monoisotopic (exact) mass is 329 g/mol. The number of rotatable bonds is 3. The Balaban J connectivity index is 1.99. The number of carboxylic acid groups (broad SMARTS) is 1. The molecule has 1 aliphatic carbocycles. The van der Waals surface area contributed by atoms with Gasteiger partial charge in [0.15, 0.2) is 0 Å². The number of fused-ring (bicyclic) bond motifs is 3. The average molecular weight is 329 g/mol. The van der Waals surface area contributed by atoms with Gasteiger partial charge in [0.2, 0.25) is 5.91 Å². The summed E-state index contributed by atoms with van der Waals surface area (Å²) < 4.78 is 0. The molecule has 0 atom stereocenters. The molecule has 3 aromatic carbocycles. The number of nitrogens with two attached hydrogens (primary N) is 1. The third-order valence-corrected chi connectivity index (χ3v) is 4.68. The van der Waals surface area contributed by atoms with Gasteiger partial charge in [-0.05, 0) is 45.9 Å². The van der Waals surface area contributed by atoms with Crippen molar-refractivity contribution in [2.45, 2.75) is 6.42 Å². The molecule has 0 unspecified atom stereocenters. The van der Waals surface area contributed by atoms with Crippen LogP contribution in [-0.4, -0.2) is 17.0 Å². The van der Waals surface area contributed by atoms with Gasteiger partial charge in [0.05, 0.1) is 11.1 Å². The van der Waals surface area contributed by atoms with Crippen molar-refractivity contribution < 1.29 is 14.7 Å². The number of benzene rings is 3. The maximum Gasteiger partial charge on any atom is 0.336 e. The van der Waals surface area contributed by atoms with Crippen molar-refractivity contribution in [3.63, 3.8) is 0 Å². The lowest BCUT2D eigenvalue weighted by atomic mass is 9.90. The molecule has 1 aliphatic rings. The first-order valence-electron chi connectivity index (χ1n) is 7.94. The summed E-state index contributed by atoms with van der Waals surface area (Å²) in [6.45, 7) is 0. The second-order valence-electron chi connectivity index (χ2n) is 6.06. The Morgan fingerprint density at radius 2 is 1.40 bits per heavy atom. The first-order chi connectivity index (χ1) is 12.1. The normalized spacial score (nSPS) is 11.7. The van der Waals surface area contributed by atoms with Gasteiger partial charge in [0.1, 0.15) is 0 Å². The molecule has 0 heterocycles. The van der Waals surface area contributed by atoms with Gasteiger partial charge in [-0.25, -0.2) is 4.79 Å². The van der Waals surface area contributed by atoms with Crippen LogP contribution in [0.4, 0.5) is 0 Å². The average Bonchev–Trinajstić information content (AvgIpc) is 2.99. The summed E-state index contributed by atoms with van der Waals surface area (Å²) in [5.74, 6) is -1.90. The molecule has 0 bridgehead atoms. The zero-order chi connectivity index (χ0) is 17.6. The van der Waals surface area contributed by atoms with E-state index < -0.39 is 11.9 Å². The number of amides is 1. The van der Waals surface area contributed by atoms with Crippen molar-refractivity contribution in [1.29, 1.82) is 0 Å². The summed E-state index contributed by atoms with van der Waals surface area (Å²) in [7, 11) is 0. The largest absolute Gasteiger partial charge is 0.478 e. The molecule has 0 saturated heterocycles. The molecule has 0 fully saturated rings. The van der Waals surface area contributed by atoms with Gasteiger partial charge in [-0.1, -0.05) is 54.6 Å². The van der Waals surface area contributed by atoms with Crippen molar-refractivity contribution in [3.05, 3.63) is 82.9 Å². The Bertz CT molecular complexity index is 1040. The van der Waals surface area contributed by atoms with E-state index in [-0.39, 0.29) is 11.1 Å². The quantitative estimate of drug-likeness (QED) is 0.601. The Morgan fingerprint density at radius 1 is 0.800 bits per heavy atom. The van der Waals surface area contributed by atoms with Gasteiger partial charge in [0.25, 0.3) is 0 Å². The summed E-state index contributed by atoms with van der Waals surface area (Å²) in [5, 5.41) is 9.41. The summed E-state index contributed by atoms with van der Waals surface area (Å²) in [6.07, 6.45) is 0.747. The maximum atomic E-state index is 12.0. The fourth-order valence-corrected chi connectivity index (χ4v) is 3.63. The Labute approximate surface area is 144 Å². The third kappa shape index (κ3) is 2.31. The van der Waals surface area contributed by atoms with Crippen LogP contribution in [0.3, 0.4) is 0 Å². The number of carbonyl (C=O) groups excluding carboxylic acids is 1. The van der Waals surface area contributed by atoms with Gasteiger partial charge in [-0.2, -0.15) is 0 Å². The second kappa shape index (κ2) is 5.60. The number of primary amides is 1. The number of carbonyl (C=O) groups is 2. The van der Waals surface area contributed by atoms with Crippen molar-refractivity contribution >= 4 is 11.9 Å². The summed E-state index contributed by atoms with van der Waals surface area (Å²) >= 11 is 0. The predicted molar refractivity (Wildman–Crippen MR) is 95.6 cm³/mol. The molecule has 0 radical (unpaired) electrons. The van der Waals surface area contributed by atoms with Crippen LogP contribution in [0.5, 0.6) is 0 Å². The van der Waals surface area contributed by atoms with E-state index >= 15 is 0 Å². The molecule has 4 rings (SSSR count). The molecule has 122 valence electrons. The number of hydrogen-bond donors (Lipinski definition) is 2. The predicted octanol–water partition coefficient (Wildman–Crippen LogP) is 3.72. The molecule has 4 heteroatoms. The first kappa shape index (κ1) is 15.1. The van der Waals surface area contributed by atoms with Gasteiger partial charge in [0, 0.05) is 0 Å². The fraction of sp³-hybridized carbons (Fsp3) is 0.0476. The maximum absolute atomic E-state index is 12.0. The van der Waals surface area contributed by atoms with Crippen LogP contribution in [0.1, 0.15) is 31.8 Å². The van der Waals surface area contributed by atoms with Gasteiger partial charge in [-0.15, -0.1) is 0 Å². The van der Waals surface area contributed by atoms with Crippen LogP contribution in [0.2, 0.25) is 0 Å². The van der Waals surface area contributed by atoms with Crippen LogP contribution < -0.4 is 5.73 Å². The van der Waals surface area contributed by atoms with E-state index in [0.717, 1.165) is 23.1 Å². The van der Waals surface area contributed by atoms with Crippen LogP contribution in [0.25, 0.3) is 22.3 Å². The Morgan fingerprint density at radius 3 is 2.12 bits per heavy atom. The lowest BCUT2D eigenvalue weighted by molar-refractivity contribution is 0.0692. The van der Waals surface area contributed by atoms with Crippen molar-refractivity contribution in [3.8, 4) is 22.3 Å². The number of carboxylic acids is 1. The van der Waals surface area contributed by atoms with E-state index in [1.54, 1.807) is 12.1 Å². The van der Waals surface area contributed by atoms with Gasteiger partial charge < -0.3 is 10.8 Å². The molecule has 0 saturated carbocycles. The lowest BCUT2D eigenvalue weighted by Crippen LogP contribution is -2.18.